The molecule has 5 nitrogen and oxygen atoms in total. The Hall–Kier alpha value is -0.240. The maximum Gasteiger partial charge on any atom is 0.211 e. The van der Waals surface area contributed by atoms with Crippen molar-refractivity contribution in [3.05, 3.63) is 0 Å². The second-order valence-electron chi connectivity index (χ2n) is 4.43. The predicted octanol–water partition coefficient (Wildman–Crippen LogP) is 0.0184. The molecule has 1 heterocycles. The maximum absolute atomic E-state index is 11.4. The van der Waals surface area contributed by atoms with Gasteiger partial charge in [-0.05, 0) is 6.42 Å². The zero-order valence-electron chi connectivity index (χ0n) is 10.4. The van der Waals surface area contributed by atoms with Crippen molar-refractivity contribution in [3.63, 3.8) is 0 Å². The minimum absolute atomic E-state index is 0.342. The summed E-state index contributed by atoms with van der Waals surface area (Å²) in [5.41, 5.74) is 5.57. The van der Waals surface area contributed by atoms with E-state index in [4.69, 9.17) is 18.0 Å². The smallest absolute Gasteiger partial charge is 0.211 e. The average molecular weight is 279 g/mol. The van der Waals surface area contributed by atoms with Crippen LogP contribution in [0.15, 0.2) is 0 Å². The van der Waals surface area contributed by atoms with Crippen LogP contribution in [0.3, 0.4) is 0 Å². The van der Waals surface area contributed by atoms with Gasteiger partial charge in [-0.15, -0.1) is 0 Å². The number of sulfonamides is 1. The number of thiocarbonyl (C=S) groups is 1. The Labute approximate surface area is 109 Å². The molecule has 0 saturated carbocycles. The van der Waals surface area contributed by atoms with Crippen LogP contribution in [0.4, 0.5) is 0 Å². The van der Waals surface area contributed by atoms with Gasteiger partial charge in [0, 0.05) is 38.6 Å². The molecule has 7 heteroatoms. The molecular formula is C10H21N3O2S2. The van der Waals surface area contributed by atoms with Gasteiger partial charge in [0.2, 0.25) is 10.0 Å². The van der Waals surface area contributed by atoms with Crippen molar-refractivity contribution in [1.82, 2.24) is 9.21 Å². The first-order valence-electron chi connectivity index (χ1n) is 5.82. The van der Waals surface area contributed by atoms with Crippen molar-refractivity contribution in [3.8, 4) is 0 Å². The summed E-state index contributed by atoms with van der Waals surface area (Å²) in [4.78, 5) is 2.81. The fourth-order valence-electron chi connectivity index (χ4n) is 2.16. The van der Waals surface area contributed by atoms with Gasteiger partial charge in [0.1, 0.15) is 0 Å². The first-order valence-corrected chi connectivity index (χ1v) is 8.07. The minimum atomic E-state index is -3.05. The lowest BCUT2D eigenvalue weighted by Gasteiger charge is -2.38. The van der Waals surface area contributed by atoms with E-state index in [1.807, 2.05) is 0 Å². The highest BCUT2D eigenvalue weighted by Gasteiger charge is 2.26. The Morgan fingerprint density at radius 3 is 2.24 bits per heavy atom. The Morgan fingerprint density at radius 1 is 1.35 bits per heavy atom. The van der Waals surface area contributed by atoms with Crippen molar-refractivity contribution in [2.45, 2.75) is 25.8 Å². The molecule has 0 aliphatic carbocycles. The molecule has 17 heavy (non-hydrogen) atoms. The Balaban J connectivity index is 2.53. The van der Waals surface area contributed by atoms with Gasteiger partial charge in [0.05, 0.1) is 11.2 Å². The monoisotopic (exact) mass is 279 g/mol. The topological polar surface area (TPSA) is 66.6 Å². The van der Waals surface area contributed by atoms with E-state index in [2.05, 4.69) is 11.8 Å². The van der Waals surface area contributed by atoms with Gasteiger partial charge in [-0.3, -0.25) is 4.90 Å². The first-order chi connectivity index (χ1) is 7.84. The van der Waals surface area contributed by atoms with Crippen molar-refractivity contribution in [2.75, 3.05) is 32.4 Å². The van der Waals surface area contributed by atoms with Crippen LogP contribution in [0.5, 0.6) is 0 Å². The van der Waals surface area contributed by atoms with Crippen LogP contribution in [0, 0.1) is 0 Å². The summed E-state index contributed by atoms with van der Waals surface area (Å²) in [6, 6.07) is 0.342. The molecule has 0 radical (unpaired) electrons. The second kappa shape index (κ2) is 6.08. The summed E-state index contributed by atoms with van der Waals surface area (Å²) in [5.74, 6) is 0. The number of nitrogens with two attached hydrogens (primary N) is 1. The number of hydrogen-bond acceptors (Lipinski definition) is 4. The normalized spacial score (nSPS) is 21.3. The van der Waals surface area contributed by atoms with Crippen molar-refractivity contribution in [1.29, 1.82) is 0 Å². The van der Waals surface area contributed by atoms with Crippen LogP contribution < -0.4 is 5.73 Å². The molecular weight excluding hydrogens is 258 g/mol. The molecule has 1 aliphatic heterocycles. The molecule has 0 amide bonds. The molecule has 0 aromatic rings. The quantitative estimate of drug-likeness (QED) is 0.719. The molecule has 1 saturated heterocycles. The van der Waals surface area contributed by atoms with Gasteiger partial charge >= 0.3 is 0 Å². The third kappa shape index (κ3) is 4.50. The highest BCUT2D eigenvalue weighted by molar-refractivity contribution is 7.88. The van der Waals surface area contributed by atoms with Crippen molar-refractivity contribution < 1.29 is 8.42 Å². The minimum Gasteiger partial charge on any atom is -0.393 e. The maximum atomic E-state index is 11.4. The molecule has 2 N–H and O–H groups in total. The molecule has 0 bridgehead atoms. The summed E-state index contributed by atoms with van der Waals surface area (Å²) >= 11 is 4.93. The van der Waals surface area contributed by atoms with Gasteiger partial charge in [0.25, 0.3) is 0 Å². The molecule has 1 rings (SSSR count). The van der Waals surface area contributed by atoms with E-state index in [-0.39, 0.29) is 0 Å². The molecule has 0 aromatic carbocycles. The summed E-state index contributed by atoms with van der Waals surface area (Å²) in [5, 5.41) is 0. The van der Waals surface area contributed by atoms with Crippen LogP contribution >= 0.6 is 12.2 Å². The van der Waals surface area contributed by atoms with Crippen molar-refractivity contribution in [2.24, 2.45) is 5.73 Å². The van der Waals surface area contributed by atoms with E-state index in [1.165, 1.54) is 10.6 Å². The first kappa shape index (κ1) is 14.8. The van der Waals surface area contributed by atoms with Gasteiger partial charge in [0.15, 0.2) is 0 Å². The lowest BCUT2D eigenvalue weighted by Crippen LogP contribution is -2.52. The van der Waals surface area contributed by atoms with Gasteiger partial charge < -0.3 is 5.73 Å². The lowest BCUT2D eigenvalue weighted by atomic mass is 10.1. The number of hydrogen-bond donors (Lipinski definition) is 1. The highest BCUT2D eigenvalue weighted by Crippen LogP contribution is 2.14. The fourth-order valence-corrected chi connectivity index (χ4v) is 3.18. The van der Waals surface area contributed by atoms with Crippen LogP contribution in [-0.2, 0) is 10.0 Å². The molecule has 1 unspecified atom stereocenters. The van der Waals surface area contributed by atoms with Crippen molar-refractivity contribution >= 4 is 27.2 Å². The Kier molecular flexibility index (Phi) is 5.30. The van der Waals surface area contributed by atoms with E-state index in [0.717, 1.165) is 19.5 Å². The third-order valence-corrected chi connectivity index (χ3v) is 4.64. The third-order valence-electron chi connectivity index (χ3n) is 3.17. The van der Waals surface area contributed by atoms with E-state index in [0.29, 0.717) is 30.5 Å². The average Bonchev–Trinajstić information content (AvgIpc) is 2.24. The largest absolute Gasteiger partial charge is 0.393 e. The standard InChI is InChI=1S/C10H21N3O2S2/c1-3-9(8-10(11)16)12-4-6-13(7-5-12)17(2,14)15/h9H,3-8H2,1-2H3,(H2,11,16). The number of piperazine rings is 1. The Bertz CT molecular complexity index is 362. The molecule has 1 aliphatic rings. The van der Waals surface area contributed by atoms with E-state index in [9.17, 15) is 8.42 Å². The Morgan fingerprint density at radius 2 is 1.88 bits per heavy atom. The number of nitrogens with zero attached hydrogens (tertiary/aromatic N) is 2. The SMILES string of the molecule is CCC(CC(N)=S)N1CCN(S(C)(=O)=O)CC1. The van der Waals surface area contributed by atoms with E-state index >= 15 is 0 Å². The fraction of sp³-hybridized carbons (Fsp3) is 0.900. The predicted molar refractivity (Wildman–Crippen MR) is 73.5 cm³/mol. The zero-order chi connectivity index (χ0) is 13.1. The molecule has 1 fully saturated rings. The summed E-state index contributed by atoms with van der Waals surface area (Å²) < 4.78 is 24.3. The van der Waals surface area contributed by atoms with Gasteiger partial charge in [-0.1, -0.05) is 19.1 Å². The zero-order valence-corrected chi connectivity index (χ0v) is 12.1. The summed E-state index contributed by atoms with van der Waals surface area (Å²) in [6.45, 7) is 4.74. The van der Waals surface area contributed by atoms with Crippen LogP contribution in [-0.4, -0.2) is 61.1 Å². The van der Waals surface area contributed by atoms with Gasteiger partial charge in [-0.2, -0.15) is 4.31 Å². The van der Waals surface area contributed by atoms with Gasteiger partial charge in [-0.25, -0.2) is 8.42 Å². The lowest BCUT2D eigenvalue weighted by molar-refractivity contribution is 0.137. The molecule has 0 aromatic heterocycles. The number of rotatable bonds is 5. The highest BCUT2D eigenvalue weighted by atomic mass is 32.2. The molecule has 100 valence electrons. The van der Waals surface area contributed by atoms with E-state index < -0.39 is 10.0 Å². The molecule has 1 atom stereocenters. The van der Waals surface area contributed by atoms with Crippen LogP contribution in [0.25, 0.3) is 0 Å². The molecule has 0 spiro atoms. The van der Waals surface area contributed by atoms with Crippen LogP contribution in [0.1, 0.15) is 19.8 Å². The summed E-state index contributed by atoms with van der Waals surface area (Å²) in [6.07, 6.45) is 2.95. The second-order valence-corrected chi connectivity index (χ2v) is 6.94. The van der Waals surface area contributed by atoms with Crippen LogP contribution in [0.2, 0.25) is 0 Å². The van der Waals surface area contributed by atoms with E-state index in [1.54, 1.807) is 0 Å². The summed E-state index contributed by atoms with van der Waals surface area (Å²) in [7, 11) is -3.05.